The fourth-order valence-electron chi connectivity index (χ4n) is 1.02. The van der Waals surface area contributed by atoms with Crippen LogP contribution in [0.15, 0.2) is 24.3 Å². The van der Waals surface area contributed by atoms with Crippen molar-refractivity contribution < 1.29 is 9.18 Å². The van der Waals surface area contributed by atoms with Gasteiger partial charge in [0.2, 0.25) is 6.41 Å². The Bertz CT molecular complexity index is 275. The number of benzene rings is 1. The smallest absolute Gasteiger partial charge is 0.207 e. The van der Waals surface area contributed by atoms with Crippen LogP contribution in [-0.4, -0.2) is 6.41 Å². The molecule has 1 N–H and O–H groups in total. The molecule has 0 heterocycles. The lowest BCUT2D eigenvalue weighted by atomic mass is 10.1. The van der Waals surface area contributed by atoms with Crippen LogP contribution in [0.5, 0.6) is 0 Å². The van der Waals surface area contributed by atoms with E-state index < -0.39 is 0 Å². The molecule has 0 aromatic heterocycles. The van der Waals surface area contributed by atoms with E-state index >= 15 is 0 Å². The minimum absolute atomic E-state index is 0.274. The summed E-state index contributed by atoms with van der Waals surface area (Å²) >= 11 is 0. The summed E-state index contributed by atoms with van der Waals surface area (Å²) in [6.07, 6.45) is 0.567. The second kappa shape index (κ2) is 3.85. The monoisotopic (exact) mass is 167 g/mol. The third-order valence-corrected chi connectivity index (χ3v) is 1.69. The first-order valence-corrected chi connectivity index (χ1v) is 3.70. The van der Waals surface area contributed by atoms with E-state index in [9.17, 15) is 9.18 Å². The summed E-state index contributed by atoms with van der Waals surface area (Å²) in [6, 6.07) is 6.10. The molecule has 0 spiro atoms. The molecule has 1 amide bonds. The van der Waals surface area contributed by atoms with E-state index in [0.717, 1.165) is 0 Å². The SMILES string of the molecule is CC(NC=O)c1ccccc1F. The van der Waals surface area contributed by atoms with Gasteiger partial charge in [-0.1, -0.05) is 18.2 Å². The zero-order chi connectivity index (χ0) is 8.97. The van der Waals surface area contributed by atoms with Gasteiger partial charge in [0.25, 0.3) is 0 Å². The minimum Gasteiger partial charge on any atom is -0.352 e. The van der Waals surface area contributed by atoms with E-state index in [-0.39, 0.29) is 11.9 Å². The van der Waals surface area contributed by atoms with Crippen molar-refractivity contribution in [3.63, 3.8) is 0 Å². The maximum Gasteiger partial charge on any atom is 0.207 e. The number of nitrogens with one attached hydrogen (secondary N) is 1. The van der Waals surface area contributed by atoms with Gasteiger partial charge in [0, 0.05) is 5.56 Å². The number of carbonyl (C=O) groups excluding carboxylic acids is 1. The van der Waals surface area contributed by atoms with Crippen LogP contribution in [0.2, 0.25) is 0 Å². The van der Waals surface area contributed by atoms with Crippen LogP contribution in [0.3, 0.4) is 0 Å². The fourth-order valence-corrected chi connectivity index (χ4v) is 1.02. The van der Waals surface area contributed by atoms with Crippen LogP contribution in [0.25, 0.3) is 0 Å². The van der Waals surface area contributed by atoms with Gasteiger partial charge < -0.3 is 5.32 Å². The Balaban J connectivity index is 2.86. The zero-order valence-corrected chi connectivity index (χ0v) is 6.75. The van der Waals surface area contributed by atoms with Crippen molar-refractivity contribution in [2.45, 2.75) is 13.0 Å². The Labute approximate surface area is 70.4 Å². The molecule has 1 atom stereocenters. The zero-order valence-electron chi connectivity index (χ0n) is 6.75. The molecule has 0 fully saturated rings. The Morgan fingerprint density at radius 1 is 1.50 bits per heavy atom. The van der Waals surface area contributed by atoms with Gasteiger partial charge in [-0.05, 0) is 13.0 Å². The lowest BCUT2D eigenvalue weighted by Gasteiger charge is -2.10. The molecule has 3 heteroatoms. The van der Waals surface area contributed by atoms with Gasteiger partial charge in [-0.25, -0.2) is 4.39 Å². The Morgan fingerprint density at radius 3 is 2.75 bits per heavy atom. The van der Waals surface area contributed by atoms with Gasteiger partial charge in [-0.15, -0.1) is 0 Å². The van der Waals surface area contributed by atoms with Crippen LogP contribution >= 0.6 is 0 Å². The van der Waals surface area contributed by atoms with Crippen molar-refractivity contribution in [2.24, 2.45) is 0 Å². The van der Waals surface area contributed by atoms with Gasteiger partial charge in [0.1, 0.15) is 5.82 Å². The van der Waals surface area contributed by atoms with Crippen molar-refractivity contribution in [3.8, 4) is 0 Å². The Morgan fingerprint density at radius 2 is 2.17 bits per heavy atom. The van der Waals surface area contributed by atoms with E-state index in [1.54, 1.807) is 25.1 Å². The average Bonchev–Trinajstić information content (AvgIpc) is 2.05. The number of rotatable bonds is 3. The van der Waals surface area contributed by atoms with Crippen molar-refractivity contribution in [1.82, 2.24) is 5.32 Å². The van der Waals surface area contributed by atoms with Crippen molar-refractivity contribution in [3.05, 3.63) is 35.6 Å². The predicted octanol–water partition coefficient (Wildman–Crippen LogP) is 1.63. The van der Waals surface area contributed by atoms with E-state index in [0.29, 0.717) is 12.0 Å². The summed E-state index contributed by atoms with van der Waals surface area (Å²) in [4.78, 5) is 10.1. The van der Waals surface area contributed by atoms with Crippen LogP contribution in [-0.2, 0) is 4.79 Å². The number of hydrogen-bond donors (Lipinski definition) is 1. The maximum absolute atomic E-state index is 13.0. The largest absolute Gasteiger partial charge is 0.352 e. The molecule has 0 bridgehead atoms. The first-order valence-electron chi connectivity index (χ1n) is 3.70. The predicted molar refractivity (Wildman–Crippen MR) is 44.0 cm³/mol. The summed E-state index contributed by atoms with van der Waals surface area (Å²) in [6.45, 7) is 1.73. The van der Waals surface area contributed by atoms with E-state index in [4.69, 9.17) is 0 Å². The van der Waals surface area contributed by atoms with Crippen LogP contribution in [0, 0.1) is 5.82 Å². The molecule has 0 radical (unpaired) electrons. The topological polar surface area (TPSA) is 29.1 Å². The molecule has 1 aromatic rings. The second-order valence-electron chi connectivity index (χ2n) is 2.53. The quantitative estimate of drug-likeness (QED) is 0.681. The molecule has 2 nitrogen and oxygen atoms in total. The van der Waals surface area contributed by atoms with Gasteiger partial charge in [0.05, 0.1) is 6.04 Å². The highest BCUT2D eigenvalue weighted by atomic mass is 19.1. The molecule has 0 saturated carbocycles. The van der Waals surface area contributed by atoms with E-state index in [1.165, 1.54) is 6.07 Å². The molecule has 1 rings (SSSR count). The second-order valence-corrected chi connectivity index (χ2v) is 2.53. The van der Waals surface area contributed by atoms with E-state index in [1.807, 2.05) is 0 Å². The van der Waals surface area contributed by atoms with Crippen molar-refractivity contribution in [2.75, 3.05) is 0 Å². The standard InChI is InChI=1S/C9H10FNO/c1-7(11-6-12)8-4-2-3-5-9(8)10/h2-7H,1H3,(H,11,12). The minimum atomic E-state index is -0.292. The first kappa shape index (κ1) is 8.71. The number of amides is 1. The van der Waals surface area contributed by atoms with Crippen molar-refractivity contribution in [1.29, 1.82) is 0 Å². The highest BCUT2D eigenvalue weighted by Crippen LogP contribution is 2.14. The molecule has 0 aliphatic rings. The van der Waals surface area contributed by atoms with Gasteiger partial charge in [-0.2, -0.15) is 0 Å². The van der Waals surface area contributed by atoms with E-state index in [2.05, 4.69) is 5.32 Å². The third kappa shape index (κ3) is 1.81. The van der Waals surface area contributed by atoms with Crippen LogP contribution in [0.4, 0.5) is 4.39 Å². The number of hydrogen-bond acceptors (Lipinski definition) is 1. The molecule has 1 unspecified atom stereocenters. The molecule has 12 heavy (non-hydrogen) atoms. The molecule has 0 aliphatic heterocycles. The van der Waals surface area contributed by atoms with Gasteiger partial charge in [-0.3, -0.25) is 4.79 Å². The summed E-state index contributed by atoms with van der Waals surface area (Å²) in [7, 11) is 0. The first-order chi connectivity index (χ1) is 5.75. The molecule has 1 aromatic carbocycles. The highest BCUT2D eigenvalue weighted by molar-refractivity contribution is 5.47. The summed E-state index contributed by atoms with van der Waals surface area (Å²) in [5.74, 6) is -0.292. The molecule has 0 saturated heterocycles. The molecular formula is C9H10FNO. The summed E-state index contributed by atoms with van der Waals surface area (Å²) in [5.41, 5.74) is 0.504. The normalized spacial score (nSPS) is 12.2. The fraction of sp³-hybridized carbons (Fsp3) is 0.222. The van der Waals surface area contributed by atoms with Crippen LogP contribution in [0.1, 0.15) is 18.5 Å². The Hall–Kier alpha value is -1.38. The van der Waals surface area contributed by atoms with Crippen molar-refractivity contribution >= 4 is 6.41 Å². The molecule has 0 aliphatic carbocycles. The molecular weight excluding hydrogens is 157 g/mol. The summed E-state index contributed by atoms with van der Waals surface area (Å²) < 4.78 is 13.0. The number of halogens is 1. The summed E-state index contributed by atoms with van der Waals surface area (Å²) in [5, 5.41) is 2.48. The Kier molecular flexibility index (Phi) is 2.80. The third-order valence-electron chi connectivity index (χ3n) is 1.69. The van der Waals surface area contributed by atoms with Gasteiger partial charge >= 0.3 is 0 Å². The van der Waals surface area contributed by atoms with Crippen LogP contribution < -0.4 is 5.32 Å². The lowest BCUT2D eigenvalue weighted by Crippen LogP contribution is -2.17. The highest BCUT2D eigenvalue weighted by Gasteiger charge is 2.07. The number of carbonyl (C=O) groups is 1. The lowest BCUT2D eigenvalue weighted by molar-refractivity contribution is -0.110. The average molecular weight is 167 g/mol. The molecule has 64 valence electrons. The maximum atomic E-state index is 13.0. The van der Waals surface area contributed by atoms with Gasteiger partial charge in [0.15, 0.2) is 0 Å².